The molecule has 0 unspecified atom stereocenters. The molecule has 6 atom stereocenters. The van der Waals surface area contributed by atoms with Crippen molar-refractivity contribution in [2.75, 3.05) is 18.6 Å². The van der Waals surface area contributed by atoms with Crippen molar-refractivity contribution in [1.29, 1.82) is 0 Å². The number of rotatable bonds is 2. The smallest absolute Gasteiger partial charge is 0.414 e. The van der Waals surface area contributed by atoms with Crippen LogP contribution < -0.4 is 9.64 Å². The molecular formula is C28H33NO3. The molecule has 3 fully saturated rings. The molecule has 3 aliphatic carbocycles. The highest BCUT2D eigenvalue weighted by molar-refractivity contribution is 5.88. The maximum atomic E-state index is 13.0. The Hall–Kier alpha value is -2.49. The number of methoxy groups -OCH3 is 1. The molecule has 6 rings (SSSR count). The molecule has 1 amide bonds. The summed E-state index contributed by atoms with van der Waals surface area (Å²) in [6.07, 6.45) is 5.76. The lowest BCUT2D eigenvalue weighted by Gasteiger charge is -2.51. The predicted octanol–water partition coefficient (Wildman–Crippen LogP) is 6.11. The van der Waals surface area contributed by atoms with Gasteiger partial charge in [-0.05, 0) is 92.2 Å². The van der Waals surface area contributed by atoms with Crippen LogP contribution in [0.1, 0.15) is 55.2 Å². The van der Waals surface area contributed by atoms with Crippen molar-refractivity contribution in [3.63, 3.8) is 0 Å². The van der Waals surface area contributed by atoms with Crippen molar-refractivity contribution in [2.24, 2.45) is 23.2 Å². The Kier molecular flexibility index (Phi) is 4.57. The second-order valence-corrected chi connectivity index (χ2v) is 10.8. The Morgan fingerprint density at radius 3 is 2.72 bits per heavy atom. The first-order valence-electron chi connectivity index (χ1n) is 12.2. The Balaban J connectivity index is 1.28. The van der Waals surface area contributed by atoms with E-state index >= 15 is 0 Å². The van der Waals surface area contributed by atoms with E-state index in [2.05, 4.69) is 44.2 Å². The van der Waals surface area contributed by atoms with Crippen molar-refractivity contribution < 1.29 is 14.3 Å². The zero-order valence-corrected chi connectivity index (χ0v) is 19.3. The van der Waals surface area contributed by atoms with Gasteiger partial charge in [-0.15, -0.1) is 0 Å². The lowest BCUT2D eigenvalue weighted by atomic mass is 9.55. The normalized spacial score (nSPS) is 35.3. The van der Waals surface area contributed by atoms with E-state index in [0.717, 1.165) is 30.8 Å². The van der Waals surface area contributed by atoms with Gasteiger partial charge < -0.3 is 9.47 Å². The summed E-state index contributed by atoms with van der Waals surface area (Å²) in [6.45, 7) is 5.27. The molecule has 1 saturated heterocycles. The van der Waals surface area contributed by atoms with E-state index in [-0.39, 0.29) is 17.6 Å². The van der Waals surface area contributed by atoms with Crippen molar-refractivity contribution in [3.8, 4) is 5.75 Å². The summed E-state index contributed by atoms with van der Waals surface area (Å²) in [5.41, 5.74) is 5.28. The van der Waals surface area contributed by atoms with Crippen LogP contribution in [0.2, 0.25) is 0 Å². The first kappa shape index (κ1) is 20.1. The van der Waals surface area contributed by atoms with Crippen molar-refractivity contribution >= 4 is 11.8 Å². The minimum absolute atomic E-state index is 0.0555. The van der Waals surface area contributed by atoms with E-state index in [1.54, 1.807) is 7.11 Å². The molecule has 2 aromatic rings. The largest absolute Gasteiger partial charge is 0.497 e. The first-order valence-corrected chi connectivity index (χ1v) is 12.2. The number of aryl methyl sites for hydroxylation is 2. The van der Waals surface area contributed by atoms with Gasteiger partial charge in [0.2, 0.25) is 0 Å². The fourth-order valence-corrected chi connectivity index (χ4v) is 7.64. The van der Waals surface area contributed by atoms with Gasteiger partial charge in [0.15, 0.2) is 0 Å². The Labute approximate surface area is 190 Å². The molecule has 1 aliphatic heterocycles. The summed E-state index contributed by atoms with van der Waals surface area (Å²) in [4.78, 5) is 14.9. The van der Waals surface area contributed by atoms with Crippen LogP contribution in [-0.2, 0) is 11.2 Å². The Morgan fingerprint density at radius 2 is 1.94 bits per heavy atom. The standard InChI is InChI=1S/C28H33NO3/c1-17-4-7-20(8-5-17)29-16-19-15-25-24-10-6-18-14-21(31-3)9-11-22(18)23(24)12-13-28(25,2)26(19)32-27(29)30/h4-5,7-9,11,14,19,23-26H,6,10,12-13,15-16H2,1-3H3/t19-,23-,24-,25+,26+,28+/m1/s1. The summed E-state index contributed by atoms with van der Waals surface area (Å²) >= 11 is 0. The minimum atomic E-state index is -0.166. The van der Waals surface area contributed by atoms with E-state index in [0.29, 0.717) is 23.7 Å². The number of benzene rings is 2. The SMILES string of the molecule is COc1ccc2c(c1)CC[C@@H]1[C@@H]2CC[C@@]2(C)[C@H]1C[C@@H]1CN(c3ccc(C)cc3)C(=O)O[C@@H]12. The van der Waals surface area contributed by atoms with Gasteiger partial charge in [0.25, 0.3) is 0 Å². The van der Waals surface area contributed by atoms with Crippen LogP contribution in [0.3, 0.4) is 0 Å². The third-order valence-electron chi connectivity index (χ3n) is 9.22. The lowest BCUT2D eigenvalue weighted by molar-refractivity contribution is -0.0461. The summed E-state index contributed by atoms with van der Waals surface area (Å²) in [5.74, 6) is 3.33. The number of amides is 1. The fourth-order valence-electron chi connectivity index (χ4n) is 7.64. The molecule has 32 heavy (non-hydrogen) atoms. The molecular weight excluding hydrogens is 398 g/mol. The average Bonchev–Trinajstić information content (AvgIpc) is 3.10. The third-order valence-corrected chi connectivity index (χ3v) is 9.22. The molecule has 0 aromatic heterocycles. The number of hydrogen-bond donors (Lipinski definition) is 0. The van der Waals surface area contributed by atoms with E-state index in [1.807, 2.05) is 17.0 Å². The average molecular weight is 432 g/mol. The third kappa shape index (κ3) is 2.91. The second kappa shape index (κ2) is 7.26. The van der Waals surface area contributed by atoms with Crippen LogP contribution >= 0.6 is 0 Å². The van der Waals surface area contributed by atoms with E-state index < -0.39 is 0 Å². The van der Waals surface area contributed by atoms with Gasteiger partial charge in [0.05, 0.1) is 7.11 Å². The van der Waals surface area contributed by atoms with Gasteiger partial charge in [0, 0.05) is 23.6 Å². The zero-order chi connectivity index (χ0) is 22.0. The number of hydrogen-bond acceptors (Lipinski definition) is 3. The highest BCUT2D eigenvalue weighted by Crippen LogP contribution is 2.63. The lowest BCUT2D eigenvalue weighted by Crippen LogP contribution is -2.52. The maximum absolute atomic E-state index is 13.0. The van der Waals surface area contributed by atoms with Crippen molar-refractivity contribution in [2.45, 2.75) is 58.0 Å². The van der Waals surface area contributed by atoms with Crippen LogP contribution in [0.25, 0.3) is 0 Å². The summed E-state index contributed by atoms with van der Waals surface area (Å²) in [6, 6.07) is 14.9. The van der Waals surface area contributed by atoms with Crippen LogP contribution in [0, 0.1) is 30.1 Å². The molecule has 0 bridgehead atoms. The topological polar surface area (TPSA) is 38.8 Å². The summed E-state index contributed by atoms with van der Waals surface area (Å²) in [5, 5.41) is 0. The first-order chi connectivity index (χ1) is 15.5. The molecule has 0 spiro atoms. The molecule has 4 heteroatoms. The van der Waals surface area contributed by atoms with Crippen LogP contribution in [0.15, 0.2) is 42.5 Å². The highest BCUT2D eigenvalue weighted by Gasteiger charge is 2.61. The highest BCUT2D eigenvalue weighted by atomic mass is 16.6. The number of fused-ring (bicyclic) bond motifs is 7. The number of carbonyl (C=O) groups excluding carboxylic acids is 1. The Morgan fingerprint density at radius 1 is 1.12 bits per heavy atom. The summed E-state index contributed by atoms with van der Waals surface area (Å²) < 4.78 is 11.7. The number of nitrogens with zero attached hydrogens (tertiary/aromatic N) is 1. The van der Waals surface area contributed by atoms with Crippen molar-refractivity contribution in [3.05, 3.63) is 59.2 Å². The monoisotopic (exact) mass is 431 g/mol. The van der Waals surface area contributed by atoms with Crippen LogP contribution in [0.5, 0.6) is 5.75 Å². The van der Waals surface area contributed by atoms with Crippen LogP contribution in [0.4, 0.5) is 10.5 Å². The zero-order valence-electron chi connectivity index (χ0n) is 19.3. The second-order valence-electron chi connectivity index (χ2n) is 10.8. The molecule has 168 valence electrons. The van der Waals surface area contributed by atoms with E-state index in [4.69, 9.17) is 9.47 Å². The van der Waals surface area contributed by atoms with Gasteiger partial charge in [0.1, 0.15) is 11.9 Å². The Bertz CT molecular complexity index is 1050. The van der Waals surface area contributed by atoms with Gasteiger partial charge in [-0.1, -0.05) is 30.7 Å². The maximum Gasteiger partial charge on any atom is 0.414 e. The number of ether oxygens (including phenoxy) is 2. The number of anilines is 1. The van der Waals surface area contributed by atoms with Gasteiger partial charge in [-0.2, -0.15) is 0 Å². The van der Waals surface area contributed by atoms with Gasteiger partial charge in [-0.3, -0.25) is 4.90 Å². The fraction of sp³-hybridized carbons (Fsp3) is 0.536. The molecule has 0 radical (unpaired) electrons. The van der Waals surface area contributed by atoms with E-state index in [9.17, 15) is 4.79 Å². The molecule has 4 nitrogen and oxygen atoms in total. The van der Waals surface area contributed by atoms with Gasteiger partial charge in [-0.25, -0.2) is 4.79 Å². The van der Waals surface area contributed by atoms with E-state index in [1.165, 1.54) is 36.0 Å². The molecule has 0 N–H and O–H groups in total. The van der Waals surface area contributed by atoms with Crippen LogP contribution in [-0.4, -0.2) is 25.9 Å². The molecule has 2 aromatic carbocycles. The van der Waals surface area contributed by atoms with Crippen molar-refractivity contribution in [1.82, 2.24) is 0 Å². The van der Waals surface area contributed by atoms with Gasteiger partial charge >= 0.3 is 6.09 Å². The minimum Gasteiger partial charge on any atom is -0.497 e. The number of carbonyl (C=O) groups is 1. The molecule has 1 heterocycles. The quantitative estimate of drug-likeness (QED) is 0.576. The predicted molar refractivity (Wildman–Crippen MR) is 125 cm³/mol. The molecule has 2 saturated carbocycles. The molecule has 4 aliphatic rings. The summed E-state index contributed by atoms with van der Waals surface area (Å²) in [7, 11) is 1.75.